The summed E-state index contributed by atoms with van der Waals surface area (Å²) in [6, 6.07) is 10.2. The largest absolute Gasteiger partial charge is 0.383 e. The van der Waals surface area contributed by atoms with E-state index < -0.39 is 0 Å². The van der Waals surface area contributed by atoms with Crippen molar-refractivity contribution < 1.29 is 4.74 Å². The van der Waals surface area contributed by atoms with Gasteiger partial charge in [-0.15, -0.1) is 10.2 Å². The Morgan fingerprint density at radius 3 is 2.82 bits per heavy atom. The van der Waals surface area contributed by atoms with E-state index in [1.165, 1.54) is 0 Å². The molecular weight excluding hydrogens is 280 g/mol. The van der Waals surface area contributed by atoms with Gasteiger partial charge in [0.15, 0.2) is 11.8 Å². The van der Waals surface area contributed by atoms with Gasteiger partial charge >= 0.3 is 0 Å². The number of para-hydroxylation sites is 1. The van der Waals surface area contributed by atoms with Crippen molar-refractivity contribution in [2.75, 3.05) is 20.8 Å². The maximum Gasteiger partial charge on any atom is 0.191 e. The van der Waals surface area contributed by atoms with E-state index in [0.717, 1.165) is 11.5 Å². The summed E-state index contributed by atoms with van der Waals surface area (Å²) in [5.41, 5.74) is 1.03. The Morgan fingerprint density at radius 1 is 1.36 bits per heavy atom. The van der Waals surface area contributed by atoms with Crippen molar-refractivity contribution in [2.45, 2.75) is 19.5 Å². The molecule has 2 rings (SSSR count). The smallest absolute Gasteiger partial charge is 0.191 e. The summed E-state index contributed by atoms with van der Waals surface area (Å²) in [7, 11) is 3.41. The molecule has 0 bridgehead atoms. The number of methoxy groups -OCH3 is 1. The molecule has 7 heteroatoms. The fraction of sp³-hybridized carbons (Fsp3) is 0.400. The highest BCUT2D eigenvalue weighted by molar-refractivity contribution is 5.79. The van der Waals surface area contributed by atoms with E-state index in [1.807, 2.05) is 41.8 Å². The summed E-state index contributed by atoms with van der Waals surface area (Å²) < 4.78 is 7.05. The van der Waals surface area contributed by atoms with Crippen LogP contribution in [0, 0.1) is 0 Å². The van der Waals surface area contributed by atoms with E-state index in [1.54, 1.807) is 20.5 Å². The van der Waals surface area contributed by atoms with Crippen molar-refractivity contribution in [2.24, 2.45) is 4.99 Å². The molecule has 1 heterocycles. The first-order chi connectivity index (χ1) is 10.7. The number of ether oxygens (including phenoxy) is 1. The van der Waals surface area contributed by atoms with Gasteiger partial charge in [-0.05, 0) is 19.1 Å². The number of rotatable bonds is 6. The Morgan fingerprint density at radius 2 is 2.14 bits per heavy atom. The summed E-state index contributed by atoms with van der Waals surface area (Å²) >= 11 is 0. The third kappa shape index (κ3) is 4.29. The first kappa shape index (κ1) is 16.0. The number of aliphatic imine (C=N–C) groups is 1. The molecule has 0 aliphatic carbocycles. The highest BCUT2D eigenvalue weighted by Crippen LogP contribution is 2.08. The molecule has 1 aromatic heterocycles. The molecule has 0 saturated heterocycles. The van der Waals surface area contributed by atoms with Crippen molar-refractivity contribution in [3.8, 4) is 5.69 Å². The van der Waals surface area contributed by atoms with Gasteiger partial charge in [0.05, 0.1) is 13.2 Å². The van der Waals surface area contributed by atoms with E-state index in [4.69, 9.17) is 4.74 Å². The predicted octanol–water partition coefficient (Wildman–Crippen LogP) is 0.967. The van der Waals surface area contributed by atoms with Crippen LogP contribution in [0.1, 0.15) is 12.7 Å². The standard InChI is InChI=1S/C15H22N6O/c1-12(10-22-3)19-15(16-2)17-9-14-20-18-11-21(14)13-7-5-4-6-8-13/h4-8,11-12H,9-10H2,1-3H3,(H2,16,17,19). The lowest BCUT2D eigenvalue weighted by atomic mass is 10.3. The highest BCUT2D eigenvalue weighted by atomic mass is 16.5. The summed E-state index contributed by atoms with van der Waals surface area (Å²) in [4.78, 5) is 4.19. The Hall–Kier alpha value is -2.41. The SMILES string of the molecule is CN=C(NCc1nncn1-c1ccccc1)NC(C)COC. The molecule has 2 aromatic rings. The molecule has 0 aliphatic rings. The van der Waals surface area contributed by atoms with Crippen LogP contribution in [0.15, 0.2) is 41.7 Å². The summed E-state index contributed by atoms with van der Waals surface area (Å²) in [6.07, 6.45) is 1.70. The lowest BCUT2D eigenvalue weighted by Gasteiger charge is -2.17. The van der Waals surface area contributed by atoms with Crippen molar-refractivity contribution in [1.82, 2.24) is 25.4 Å². The molecule has 1 unspecified atom stereocenters. The van der Waals surface area contributed by atoms with Gasteiger partial charge in [-0.3, -0.25) is 9.56 Å². The molecule has 0 amide bonds. The van der Waals surface area contributed by atoms with E-state index in [-0.39, 0.29) is 6.04 Å². The zero-order chi connectivity index (χ0) is 15.8. The van der Waals surface area contributed by atoms with Crippen LogP contribution in [0.25, 0.3) is 5.69 Å². The second-order valence-corrected chi connectivity index (χ2v) is 4.88. The fourth-order valence-corrected chi connectivity index (χ4v) is 2.07. The first-order valence-electron chi connectivity index (χ1n) is 7.15. The quantitative estimate of drug-likeness (QED) is 0.614. The average Bonchev–Trinajstić information content (AvgIpc) is 3.01. The minimum absolute atomic E-state index is 0.170. The lowest BCUT2D eigenvalue weighted by molar-refractivity contribution is 0.179. The molecule has 0 aliphatic heterocycles. The molecule has 2 N–H and O–H groups in total. The zero-order valence-corrected chi connectivity index (χ0v) is 13.2. The van der Waals surface area contributed by atoms with Gasteiger partial charge in [-0.1, -0.05) is 18.2 Å². The van der Waals surface area contributed by atoms with Crippen LogP contribution in [0.5, 0.6) is 0 Å². The molecule has 1 atom stereocenters. The lowest BCUT2D eigenvalue weighted by Crippen LogP contribution is -2.43. The number of nitrogens with one attached hydrogen (secondary N) is 2. The zero-order valence-electron chi connectivity index (χ0n) is 13.2. The van der Waals surface area contributed by atoms with Gasteiger partial charge in [0.2, 0.25) is 0 Å². The van der Waals surface area contributed by atoms with Crippen LogP contribution in [-0.2, 0) is 11.3 Å². The Bertz CT molecular complexity index is 595. The molecule has 1 aromatic carbocycles. The molecule has 7 nitrogen and oxygen atoms in total. The van der Waals surface area contributed by atoms with E-state index in [0.29, 0.717) is 19.1 Å². The number of aromatic nitrogens is 3. The summed E-state index contributed by atoms with van der Waals surface area (Å²) in [6.45, 7) is 3.16. The number of hydrogen-bond acceptors (Lipinski definition) is 4. The van der Waals surface area contributed by atoms with Gasteiger partial charge < -0.3 is 15.4 Å². The van der Waals surface area contributed by atoms with E-state index in [2.05, 4.69) is 25.8 Å². The van der Waals surface area contributed by atoms with Gasteiger partial charge in [0.25, 0.3) is 0 Å². The third-order valence-electron chi connectivity index (χ3n) is 3.09. The maximum absolute atomic E-state index is 5.10. The Labute approximate surface area is 130 Å². The molecule has 0 spiro atoms. The molecule has 118 valence electrons. The van der Waals surface area contributed by atoms with Crippen molar-refractivity contribution in [1.29, 1.82) is 0 Å². The minimum atomic E-state index is 0.170. The average molecular weight is 302 g/mol. The van der Waals surface area contributed by atoms with E-state index in [9.17, 15) is 0 Å². The topological polar surface area (TPSA) is 76.4 Å². The molecule has 0 saturated carbocycles. The Balaban J connectivity index is 1.99. The number of hydrogen-bond donors (Lipinski definition) is 2. The van der Waals surface area contributed by atoms with E-state index >= 15 is 0 Å². The number of nitrogens with zero attached hydrogens (tertiary/aromatic N) is 4. The summed E-state index contributed by atoms with van der Waals surface area (Å²) in [5.74, 6) is 1.51. The summed E-state index contributed by atoms with van der Waals surface area (Å²) in [5, 5.41) is 14.6. The second-order valence-electron chi connectivity index (χ2n) is 4.88. The monoisotopic (exact) mass is 302 g/mol. The van der Waals surface area contributed by atoms with Crippen LogP contribution in [0.3, 0.4) is 0 Å². The number of guanidine groups is 1. The van der Waals surface area contributed by atoms with Gasteiger partial charge in [-0.2, -0.15) is 0 Å². The van der Waals surface area contributed by atoms with Crippen molar-refractivity contribution >= 4 is 5.96 Å². The molecule has 22 heavy (non-hydrogen) atoms. The predicted molar refractivity (Wildman–Crippen MR) is 86.0 cm³/mol. The van der Waals surface area contributed by atoms with Crippen LogP contribution in [0.2, 0.25) is 0 Å². The third-order valence-corrected chi connectivity index (χ3v) is 3.09. The van der Waals surface area contributed by atoms with Crippen LogP contribution in [0.4, 0.5) is 0 Å². The van der Waals surface area contributed by atoms with Crippen LogP contribution in [-0.4, -0.2) is 47.5 Å². The highest BCUT2D eigenvalue weighted by Gasteiger charge is 2.08. The van der Waals surface area contributed by atoms with Gasteiger partial charge in [0.1, 0.15) is 6.33 Å². The number of benzene rings is 1. The van der Waals surface area contributed by atoms with Crippen molar-refractivity contribution in [3.63, 3.8) is 0 Å². The first-order valence-corrected chi connectivity index (χ1v) is 7.15. The second kappa shape index (κ2) is 8.14. The van der Waals surface area contributed by atoms with Crippen molar-refractivity contribution in [3.05, 3.63) is 42.5 Å². The van der Waals surface area contributed by atoms with Crippen LogP contribution < -0.4 is 10.6 Å². The van der Waals surface area contributed by atoms with Gasteiger partial charge in [-0.25, -0.2) is 0 Å². The van der Waals surface area contributed by atoms with Crippen LogP contribution >= 0.6 is 0 Å². The molecule has 0 fully saturated rings. The molecular formula is C15H22N6O. The fourth-order valence-electron chi connectivity index (χ4n) is 2.07. The maximum atomic E-state index is 5.10. The molecule has 0 radical (unpaired) electrons. The minimum Gasteiger partial charge on any atom is -0.383 e. The normalized spacial score (nSPS) is 13.0. The Kier molecular flexibility index (Phi) is 5.91. The van der Waals surface area contributed by atoms with Gasteiger partial charge in [0, 0.05) is 25.9 Å².